The molecule has 0 unspecified atom stereocenters. The van der Waals surface area contributed by atoms with Crippen LogP contribution in [0.5, 0.6) is 23.1 Å². The van der Waals surface area contributed by atoms with Crippen molar-refractivity contribution in [3.8, 4) is 34.4 Å². The van der Waals surface area contributed by atoms with E-state index in [1.165, 1.54) is 0 Å². The van der Waals surface area contributed by atoms with Gasteiger partial charge < -0.3 is 49.2 Å². The van der Waals surface area contributed by atoms with Gasteiger partial charge in [-0.3, -0.25) is 4.68 Å². The lowest BCUT2D eigenvalue weighted by atomic mass is 9.98. The van der Waals surface area contributed by atoms with Crippen molar-refractivity contribution in [2.75, 3.05) is 34.0 Å². The summed E-state index contributed by atoms with van der Waals surface area (Å²) >= 11 is 0. The minimum Gasteiger partial charge on any atom is -0.497 e. The van der Waals surface area contributed by atoms with Crippen LogP contribution in [0.4, 0.5) is 0 Å². The fourth-order valence-electron chi connectivity index (χ4n) is 4.72. The Morgan fingerprint density at radius 1 is 0.927 bits per heavy atom. The number of benzene rings is 2. The molecule has 12 nitrogen and oxygen atoms in total. The first-order valence-electron chi connectivity index (χ1n) is 13.4. The zero-order valence-corrected chi connectivity index (χ0v) is 23.5. The Labute approximate surface area is 238 Å². The molecule has 1 aliphatic rings. The van der Waals surface area contributed by atoms with Crippen molar-refractivity contribution in [3.05, 3.63) is 53.6 Å². The molecule has 4 rings (SSSR count). The second-order valence-electron chi connectivity index (χ2n) is 9.94. The highest BCUT2D eigenvalue weighted by molar-refractivity contribution is 5.68. The highest BCUT2D eigenvalue weighted by Crippen LogP contribution is 2.39. The monoisotopic (exact) mass is 574 g/mol. The summed E-state index contributed by atoms with van der Waals surface area (Å²) in [6.07, 6.45) is -7.00. The number of methoxy groups -OCH3 is 2. The Balaban J connectivity index is 1.82. The molecule has 0 amide bonds. The van der Waals surface area contributed by atoms with E-state index in [-0.39, 0.29) is 31.6 Å². The lowest BCUT2D eigenvalue weighted by molar-refractivity contribution is -0.278. The van der Waals surface area contributed by atoms with E-state index in [0.717, 1.165) is 16.8 Å². The summed E-state index contributed by atoms with van der Waals surface area (Å²) in [7, 11) is 3.13. The molecule has 0 bridgehead atoms. The number of hydrogen-bond acceptors (Lipinski definition) is 11. The fraction of sp³-hybridized carbons (Fsp3) is 0.483. The van der Waals surface area contributed by atoms with Crippen LogP contribution >= 0.6 is 0 Å². The summed E-state index contributed by atoms with van der Waals surface area (Å²) in [5.41, 5.74) is 2.99. The van der Waals surface area contributed by atoms with Crippen molar-refractivity contribution in [2.24, 2.45) is 0 Å². The first-order valence-corrected chi connectivity index (χ1v) is 13.4. The van der Waals surface area contributed by atoms with E-state index in [1.54, 1.807) is 31.0 Å². The minimum absolute atomic E-state index is 0.103. The summed E-state index contributed by atoms with van der Waals surface area (Å²) in [6, 6.07) is 12.7. The molecule has 2 aromatic carbocycles. The van der Waals surface area contributed by atoms with Gasteiger partial charge in [0.05, 0.1) is 33.1 Å². The van der Waals surface area contributed by atoms with E-state index in [0.29, 0.717) is 22.8 Å². The number of hydrogen-bond donors (Lipinski definition) is 5. The Morgan fingerprint density at radius 2 is 1.63 bits per heavy atom. The quantitative estimate of drug-likeness (QED) is 0.212. The molecule has 41 heavy (non-hydrogen) atoms. The van der Waals surface area contributed by atoms with E-state index in [4.69, 9.17) is 33.9 Å². The van der Waals surface area contributed by atoms with Crippen LogP contribution in [0.2, 0.25) is 0 Å². The van der Waals surface area contributed by atoms with Crippen molar-refractivity contribution in [1.82, 2.24) is 9.78 Å². The van der Waals surface area contributed by atoms with Gasteiger partial charge in [0, 0.05) is 29.7 Å². The second-order valence-corrected chi connectivity index (χ2v) is 9.94. The number of aromatic nitrogens is 2. The summed E-state index contributed by atoms with van der Waals surface area (Å²) in [6.45, 7) is 3.37. The van der Waals surface area contributed by atoms with Crippen molar-refractivity contribution in [3.63, 3.8) is 0 Å². The molecule has 0 aliphatic carbocycles. The molecule has 12 heteroatoms. The van der Waals surface area contributed by atoms with Crippen LogP contribution in [0.1, 0.15) is 31.0 Å². The number of ether oxygens (including phenoxy) is 5. The summed E-state index contributed by atoms with van der Waals surface area (Å²) in [5, 5.41) is 54.7. The zero-order chi connectivity index (χ0) is 29.7. The van der Waals surface area contributed by atoms with E-state index in [9.17, 15) is 20.4 Å². The number of aliphatic hydroxyl groups excluding tert-OH is 5. The molecule has 0 saturated carbocycles. The molecule has 1 fully saturated rings. The van der Waals surface area contributed by atoms with Gasteiger partial charge in [0.15, 0.2) is 0 Å². The zero-order valence-electron chi connectivity index (χ0n) is 23.5. The summed E-state index contributed by atoms with van der Waals surface area (Å²) in [4.78, 5) is 0. The molecule has 5 N–H and O–H groups in total. The first kappa shape index (κ1) is 30.6. The van der Waals surface area contributed by atoms with E-state index in [2.05, 4.69) is 0 Å². The maximum absolute atomic E-state index is 10.7. The number of rotatable bonds is 12. The third kappa shape index (κ3) is 6.58. The molecule has 2 heterocycles. The number of aliphatic hydroxyl groups is 5. The molecule has 1 aromatic heterocycles. The number of nitrogens with zero attached hydrogens (tertiary/aromatic N) is 2. The third-order valence-corrected chi connectivity index (χ3v) is 6.89. The fourth-order valence-corrected chi connectivity index (χ4v) is 4.72. The van der Waals surface area contributed by atoms with Crippen LogP contribution < -0.4 is 18.9 Å². The normalized spacial score (nSPS) is 22.5. The SMILES string of the molecule is COc1ccc(-c2c(Cc3ccc(OCCO)cc3OC)c(O[C@@H]3O[C@H](CO)[C@@H](O)[C@H](O)[C@H]3O)nn2C(C)C)cc1. The lowest BCUT2D eigenvalue weighted by Gasteiger charge is -2.39. The first-order chi connectivity index (χ1) is 19.7. The summed E-state index contributed by atoms with van der Waals surface area (Å²) in [5.74, 6) is 1.89. The van der Waals surface area contributed by atoms with Crippen LogP contribution in [0.3, 0.4) is 0 Å². The average molecular weight is 575 g/mol. The van der Waals surface area contributed by atoms with Gasteiger partial charge in [-0.05, 0) is 49.7 Å². The maximum atomic E-state index is 10.7. The predicted octanol–water partition coefficient (Wildman–Crippen LogP) is 1.29. The molecular formula is C29H38N2O10. The summed E-state index contributed by atoms with van der Waals surface area (Å²) < 4.78 is 30.0. The minimum atomic E-state index is -1.60. The van der Waals surface area contributed by atoms with Crippen LogP contribution in [0, 0.1) is 0 Å². The van der Waals surface area contributed by atoms with Gasteiger partial charge in [-0.2, -0.15) is 0 Å². The topological polar surface area (TPSA) is 165 Å². The molecule has 0 spiro atoms. The van der Waals surface area contributed by atoms with E-state index < -0.39 is 37.3 Å². The van der Waals surface area contributed by atoms with Crippen LogP contribution in [0.15, 0.2) is 42.5 Å². The lowest BCUT2D eigenvalue weighted by Crippen LogP contribution is -2.60. The molecule has 1 saturated heterocycles. The maximum Gasteiger partial charge on any atom is 0.239 e. The van der Waals surface area contributed by atoms with Gasteiger partial charge in [0.1, 0.15) is 48.3 Å². The smallest absolute Gasteiger partial charge is 0.239 e. The van der Waals surface area contributed by atoms with Crippen molar-refractivity contribution < 1.29 is 49.2 Å². The van der Waals surface area contributed by atoms with Gasteiger partial charge in [0.25, 0.3) is 0 Å². The highest BCUT2D eigenvalue weighted by atomic mass is 16.7. The van der Waals surface area contributed by atoms with Gasteiger partial charge in [-0.15, -0.1) is 5.10 Å². The Kier molecular flexibility index (Phi) is 10.1. The highest BCUT2D eigenvalue weighted by Gasteiger charge is 2.45. The van der Waals surface area contributed by atoms with Gasteiger partial charge in [0.2, 0.25) is 12.2 Å². The third-order valence-electron chi connectivity index (χ3n) is 6.89. The molecule has 224 valence electrons. The second kappa shape index (κ2) is 13.5. The Hall–Kier alpha value is -3.39. The largest absolute Gasteiger partial charge is 0.497 e. The average Bonchev–Trinajstić information content (AvgIpc) is 3.34. The van der Waals surface area contributed by atoms with Crippen molar-refractivity contribution in [2.45, 2.75) is 57.0 Å². The van der Waals surface area contributed by atoms with Crippen LogP contribution in [-0.4, -0.2) is 100 Å². The molecule has 0 radical (unpaired) electrons. The van der Waals surface area contributed by atoms with Gasteiger partial charge in [-0.25, -0.2) is 0 Å². The Bertz CT molecular complexity index is 1280. The van der Waals surface area contributed by atoms with Gasteiger partial charge in [-0.1, -0.05) is 6.07 Å². The van der Waals surface area contributed by atoms with Crippen molar-refractivity contribution in [1.29, 1.82) is 0 Å². The predicted molar refractivity (Wildman–Crippen MR) is 147 cm³/mol. The standard InChI is InChI=1S/C29H38N2O10/c1-16(2)31-24(17-5-8-19(37-3)9-6-17)21(13-18-7-10-20(39-12-11-32)14-22(18)38-4)28(30-31)41-29-27(36)26(35)25(34)23(15-33)40-29/h5-10,14,16,23,25-27,29,32-36H,11-13,15H2,1-4H3/t23-,25-,26+,27-,29+/m1/s1. The molecule has 1 aliphatic heterocycles. The molecule has 5 atom stereocenters. The van der Waals surface area contributed by atoms with Crippen molar-refractivity contribution >= 4 is 0 Å². The van der Waals surface area contributed by atoms with Crippen LogP contribution in [-0.2, 0) is 11.2 Å². The van der Waals surface area contributed by atoms with Gasteiger partial charge >= 0.3 is 0 Å². The van der Waals surface area contributed by atoms with Crippen LogP contribution in [0.25, 0.3) is 11.3 Å². The molecular weight excluding hydrogens is 536 g/mol. The van der Waals surface area contributed by atoms with E-state index >= 15 is 0 Å². The molecule has 3 aromatic rings. The Morgan fingerprint density at radius 3 is 2.24 bits per heavy atom. The van der Waals surface area contributed by atoms with E-state index in [1.807, 2.05) is 44.2 Å².